The van der Waals surface area contributed by atoms with Gasteiger partial charge in [-0.2, -0.15) is 0 Å². The fourth-order valence-electron chi connectivity index (χ4n) is 8.22. The van der Waals surface area contributed by atoms with Crippen molar-refractivity contribution in [3.8, 4) is 33.9 Å². The van der Waals surface area contributed by atoms with Crippen molar-refractivity contribution in [3.63, 3.8) is 0 Å². The predicted octanol–water partition coefficient (Wildman–Crippen LogP) is 11.9. The summed E-state index contributed by atoms with van der Waals surface area (Å²) in [6.45, 7) is 4.82. The quantitative estimate of drug-likeness (QED) is 0.189. The van der Waals surface area contributed by atoms with Crippen molar-refractivity contribution in [2.45, 2.75) is 19.3 Å². The van der Waals surface area contributed by atoms with Gasteiger partial charge in [-0.1, -0.05) is 117 Å². The zero-order valence-corrected chi connectivity index (χ0v) is 26.5. The third kappa shape index (κ3) is 3.36. The summed E-state index contributed by atoms with van der Waals surface area (Å²) < 4.78 is 7.70. The van der Waals surface area contributed by atoms with Gasteiger partial charge in [-0.05, 0) is 64.7 Å². The number of para-hydroxylation sites is 3. The molecule has 10 rings (SSSR count). The molecule has 2 nitrogen and oxygen atoms in total. The Morgan fingerprint density at radius 2 is 1.02 bits per heavy atom. The number of hydrogen-bond donors (Lipinski definition) is 0. The molecule has 0 aliphatic heterocycles. The zero-order valence-electron chi connectivity index (χ0n) is 25.7. The van der Waals surface area contributed by atoms with Gasteiger partial charge in [0, 0.05) is 47.7 Å². The van der Waals surface area contributed by atoms with Crippen molar-refractivity contribution in [3.05, 3.63) is 157 Å². The molecule has 0 radical (unpaired) electrons. The second-order valence-corrected chi connectivity index (χ2v) is 14.0. The van der Waals surface area contributed by atoms with Crippen molar-refractivity contribution in [1.82, 2.24) is 9.13 Å². The Balaban J connectivity index is 1.30. The number of benzene rings is 6. The highest BCUT2D eigenvalue weighted by Crippen LogP contribution is 2.57. The number of rotatable bonds is 3. The van der Waals surface area contributed by atoms with Crippen LogP contribution in [0.5, 0.6) is 0 Å². The molecule has 3 heterocycles. The van der Waals surface area contributed by atoms with E-state index in [2.05, 4.69) is 169 Å². The maximum atomic E-state index is 2.53. The lowest BCUT2D eigenvalue weighted by molar-refractivity contribution is 0.672. The molecule has 1 aliphatic rings. The van der Waals surface area contributed by atoms with Crippen molar-refractivity contribution in [2.24, 2.45) is 0 Å². The Morgan fingerprint density at radius 1 is 0.478 bits per heavy atom. The number of aromatic nitrogens is 2. The standard InChI is InChI=1S/C43H30N2S/c1-43(2)38-33-19-6-9-23-35(33)44(28-15-4-3-5-16-28)40(38)41-39(43)34-20-7-10-24-36(34)45(41)29-17-12-14-27(26-29)30-21-13-22-32-31-18-8-11-25-37(31)46-42(30)32/h3-26H,1-2H3. The van der Waals surface area contributed by atoms with Crippen LogP contribution < -0.4 is 0 Å². The Kier molecular flexibility index (Phi) is 5.25. The van der Waals surface area contributed by atoms with E-state index in [1.165, 1.54) is 87.0 Å². The van der Waals surface area contributed by atoms with Crippen LogP contribution in [0.1, 0.15) is 25.0 Å². The van der Waals surface area contributed by atoms with E-state index in [1.807, 2.05) is 11.3 Å². The predicted molar refractivity (Wildman–Crippen MR) is 196 cm³/mol. The van der Waals surface area contributed by atoms with Gasteiger partial charge < -0.3 is 9.13 Å². The molecule has 3 heteroatoms. The largest absolute Gasteiger partial charge is 0.307 e. The summed E-state index contributed by atoms with van der Waals surface area (Å²) in [5.41, 5.74) is 12.6. The average molecular weight is 607 g/mol. The summed E-state index contributed by atoms with van der Waals surface area (Å²) in [5.74, 6) is 0. The fraction of sp³-hybridized carbons (Fsp3) is 0.0698. The second-order valence-electron chi connectivity index (χ2n) is 12.9. The van der Waals surface area contributed by atoms with E-state index in [-0.39, 0.29) is 5.41 Å². The second kappa shape index (κ2) is 9.32. The van der Waals surface area contributed by atoms with Gasteiger partial charge in [0.25, 0.3) is 0 Å². The molecule has 1 aliphatic carbocycles. The van der Waals surface area contributed by atoms with Crippen LogP contribution in [0.15, 0.2) is 146 Å². The van der Waals surface area contributed by atoms with E-state index in [1.54, 1.807) is 0 Å². The minimum absolute atomic E-state index is 0.185. The molecule has 0 N–H and O–H groups in total. The van der Waals surface area contributed by atoms with E-state index in [9.17, 15) is 0 Å². The Morgan fingerprint density at radius 3 is 1.74 bits per heavy atom. The Bertz CT molecular complexity index is 2660. The van der Waals surface area contributed by atoms with Gasteiger partial charge in [-0.3, -0.25) is 0 Å². The first-order valence-electron chi connectivity index (χ1n) is 16.0. The molecule has 218 valence electrons. The van der Waals surface area contributed by atoms with Crippen LogP contribution in [-0.4, -0.2) is 9.13 Å². The SMILES string of the molecule is CC1(C)c2c(n(-c3ccccc3)c3ccccc23)-c2c1c1ccccc1n2-c1cccc(-c2cccc3c2sc2ccccc23)c1. The molecule has 0 spiro atoms. The fourth-order valence-corrected chi connectivity index (χ4v) is 9.46. The van der Waals surface area contributed by atoms with Crippen LogP contribution in [0.25, 0.3) is 75.9 Å². The Hall–Kier alpha value is -5.38. The van der Waals surface area contributed by atoms with E-state index in [4.69, 9.17) is 0 Å². The lowest BCUT2D eigenvalue weighted by Crippen LogP contribution is -2.14. The number of thiophene rings is 1. The van der Waals surface area contributed by atoms with Crippen LogP contribution in [0, 0.1) is 0 Å². The summed E-state index contributed by atoms with van der Waals surface area (Å²) in [6, 6.07) is 53.4. The van der Waals surface area contributed by atoms with Crippen LogP contribution in [0.3, 0.4) is 0 Å². The molecular formula is C43H30N2S. The molecule has 0 saturated carbocycles. The Labute approximate surface area is 271 Å². The molecule has 0 bridgehead atoms. The molecule has 46 heavy (non-hydrogen) atoms. The first kappa shape index (κ1) is 25.9. The van der Waals surface area contributed by atoms with Crippen LogP contribution >= 0.6 is 11.3 Å². The first-order valence-corrected chi connectivity index (χ1v) is 16.8. The normalized spacial score (nSPS) is 13.6. The lowest BCUT2D eigenvalue weighted by atomic mass is 9.81. The number of fused-ring (bicyclic) bond motifs is 10. The zero-order chi connectivity index (χ0) is 30.6. The third-order valence-corrected chi connectivity index (χ3v) is 11.3. The highest BCUT2D eigenvalue weighted by atomic mass is 32.1. The van der Waals surface area contributed by atoms with Gasteiger partial charge in [0.1, 0.15) is 0 Å². The monoisotopic (exact) mass is 606 g/mol. The maximum Gasteiger partial charge on any atom is 0.0753 e. The number of nitrogens with zero attached hydrogens (tertiary/aromatic N) is 2. The van der Waals surface area contributed by atoms with Crippen molar-refractivity contribution >= 4 is 53.3 Å². The molecule has 6 aromatic carbocycles. The molecule has 0 saturated heterocycles. The third-order valence-electron chi connectivity index (χ3n) is 10.1. The van der Waals surface area contributed by atoms with Gasteiger partial charge in [0.05, 0.1) is 22.4 Å². The van der Waals surface area contributed by atoms with Crippen LogP contribution in [0.4, 0.5) is 0 Å². The molecule has 3 aromatic heterocycles. The summed E-state index contributed by atoms with van der Waals surface area (Å²) in [5, 5.41) is 5.30. The summed E-state index contributed by atoms with van der Waals surface area (Å²) >= 11 is 1.89. The van der Waals surface area contributed by atoms with Gasteiger partial charge in [0.2, 0.25) is 0 Å². The molecule has 0 amide bonds. The van der Waals surface area contributed by atoms with Gasteiger partial charge >= 0.3 is 0 Å². The van der Waals surface area contributed by atoms with Crippen LogP contribution in [0.2, 0.25) is 0 Å². The first-order chi connectivity index (χ1) is 22.6. The molecule has 0 atom stereocenters. The molecule has 9 aromatic rings. The maximum absolute atomic E-state index is 2.53. The van der Waals surface area contributed by atoms with Crippen molar-refractivity contribution in [2.75, 3.05) is 0 Å². The van der Waals surface area contributed by atoms with E-state index in [0.717, 1.165) is 0 Å². The lowest BCUT2D eigenvalue weighted by Gasteiger charge is -2.20. The van der Waals surface area contributed by atoms with Crippen molar-refractivity contribution < 1.29 is 0 Å². The highest BCUT2D eigenvalue weighted by molar-refractivity contribution is 7.26. The van der Waals surface area contributed by atoms with Crippen LogP contribution in [-0.2, 0) is 5.41 Å². The van der Waals surface area contributed by atoms with Crippen molar-refractivity contribution in [1.29, 1.82) is 0 Å². The van der Waals surface area contributed by atoms with E-state index in [0.29, 0.717) is 0 Å². The highest BCUT2D eigenvalue weighted by Gasteiger charge is 2.44. The molecule has 0 fully saturated rings. The van der Waals surface area contributed by atoms with Gasteiger partial charge in [0.15, 0.2) is 0 Å². The smallest absolute Gasteiger partial charge is 0.0753 e. The number of hydrogen-bond acceptors (Lipinski definition) is 1. The summed E-state index contributed by atoms with van der Waals surface area (Å²) in [7, 11) is 0. The van der Waals surface area contributed by atoms with E-state index >= 15 is 0 Å². The van der Waals surface area contributed by atoms with Gasteiger partial charge in [-0.25, -0.2) is 0 Å². The summed E-state index contributed by atoms with van der Waals surface area (Å²) in [4.78, 5) is 0. The van der Waals surface area contributed by atoms with Gasteiger partial charge in [-0.15, -0.1) is 11.3 Å². The van der Waals surface area contributed by atoms with E-state index < -0.39 is 0 Å². The topological polar surface area (TPSA) is 9.86 Å². The average Bonchev–Trinajstić information content (AvgIpc) is 3.81. The molecule has 0 unspecified atom stereocenters. The minimum atomic E-state index is -0.185. The summed E-state index contributed by atoms with van der Waals surface area (Å²) in [6.07, 6.45) is 0. The molecular weight excluding hydrogens is 577 g/mol. The minimum Gasteiger partial charge on any atom is -0.307 e.